The molecule has 1 rings (SSSR count). The van der Waals surface area contributed by atoms with E-state index in [4.69, 9.17) is 9.47 Å². The number of amides is 1. The SMILES string of the molecule is CC[C@](C)(OC)C(=O)Nc1ccc(OC(C)C)cc1C#N. The number of rotatable bonds is 6. The summed E-state index contributed by atoms with van der Waals surface area (Å²) in [5.41, 5.74) is -0.105. The zero-order chi connectivity index (χ0) is 16.0. The van der Waals surface area contributed by atoms with Gasteiger partial charge in [0.25, 0.3) is 5.91 Å². The fraction of sp³-hybridized carbons (Fsp3) is 0.500. The van der Waals surface area contributed by atoms with Crippen molar-refractivity contribution in [3.63, 3.8) is 0 Å². The number of nitrogens with one attached hydrogen (secondary N) is 1. The van der Waals surface area contributed by atoms with Gasteiger partial charge < -0.3 is 14.8 Å². The first-order valence-corrected chi connectivity index (χ1v) is 6.93. The first kappa shape index (κ1) is 17.0. The van der Waals surface area contributed by atoms with Crippen LogP contribution in [0.3, 0.4) is 0 Å². The first-order valence-electron chi connectivity index (χ1n) is 6.93. The summed E-state index contributed by atoms with van der Waals surface area (Å²) in [6, 6.07) is 7.08. The van der Waals surface area contributed by atoms with Crippen molar-refractivity contribution in [1.29, 1.82) is 5.26 Å². The predicted molar refractivity (Wildman–Crippen MR) is 81.3 cm³/mol. The van der Waals surface area contributed by atoms with E-state index in [1.165, 1.54) is 7.11 Å². The van der Waals surface area contributed by atoms with Gasteiger partial charge in [-0.05, 0) is 39.3 Å². The molecule has 0 spiro atoms. The maximum Gasteiger partial charge on any atom is 0.256 e. The van der Waals surface area contributed by atoms with Crippen molar-refractivity contribution >= 4 is 11.6 Å². The smallest absolute Gasteiger partial charge is 0.256 e. The van der Waals surface area contributed by atoms with Crippen LogP contribution in [-0.4, -0.2) is 24.7 Å². The lowest BCUT2D eigenvalue weighted by Crippen LogP contribution is -2.41. The molecule has 0 fully saturated rings. The largest absolute Gasteiger partial charge is 0.491 e. The molecule has 114 valence electrons. The molecule has 5 heteroatoms. The predicted octanol–water partition coefficient (Wildman–Crippen LogP) is 3.10. The summed E-state index contributed by atoms with van der Waals surface area (Å²) >= 11 is 0. The molecule has 0 bridgehead atoms. The van der Waals surface area contributed by atoms with E-state index in [9.17, 15) is 10.1 Å². The van der Waals surface area contributed by atoms with Crippen LogP contribution in [0.1, 0.15) is 39.7 Å². The van der Waals surface area contributed by atoms with Gasteiger partial charge in [-0.25, -0.2) is 0 Å². The van der Waals surface area contributed by atoms with Crippen LogP contribution in [0.5, 0.6) is 5.75 Å². The molecule has 1 aromatic rings. The van der Waals surface area contributed by atoms with Crippen LogP contribution in [0.25, 0.3) is 0 Å². The molecular formula is C16H22N2O3. The van der Waals surface area contributed by atoms with Crippen molar-refractivity contribution in [1.82, 2.24) is 0 Å². The van der Waals surface area contributed by atoms with E-state index >= 15 is 0 Å². The highest BCUT2D eigenvalue weighted by atomic mass is 16.5. The molecular weight excluding hydrogens is 268 g/mol. The zero-order valence-corrected chi connectivity index (χ0v) is 13.2. The molecule has 0 aromatic heterocycles. The van der Waals surface area contributed by atoms with Crippen LogP contribution in [0.4, 0.5) is 5.69 Å². The van der Waals surface area contributed by atoms with E-state index in [1.807, 2.05) is 20.8 Å². The molecule has 0 aliphatic carbocycles. The number of methoxy groups -OCH3 is 1. The summed E-state index contributed by atoms with van der Waals surface area (Å²) in [7, 11) is 1.49. The van der Waals surface area contributed by atoms with E-state index in [-0.39, 0.29) is 12.0 Å². The summed E-state index contributed by atoms with van der Waals surface area (Å²) in [5, 5.41) is 12.0. The highest BCUT2D eigenvalue weighted by Crippen LogP contribution is 2.24. The quantitative estimate of drug-likeness (QED) is 0.874. The number of carbonyl (C=O) groups excluding carboxylic acids is 1. The second kappa shape index (κ2) is 7.09. The number of hydrogen-bond donors (Lipinski definition) is 1. The van der Waals surface area contributed by atoms with Gasteiger partial charge in [-0.3, -0.25) is 4.79 Å². The normalized spacial score (nSPS) is 13.4. The van der Waals surface area contributed by atoms with Crippen LogP contribution >= 0.6 is 0 Å². The Hall–Kier alpha value is -2.06. The maximum absolute atomic E-state index is 12.3. The zero-order valence-electron chi connectivity index (χ0n) is 13.2. The van der Waals surface area contributed by atoms with Crippen LogP contribution in [0.15, 0.2) is 18.2 Å². The van der Waals surface area contributed by atoms with Gasteiger partial charge in [0.2, 0.25) is 0 Å². The van der Waals surface area contributed by atoms with Gasteiger partial charge in [0.1, 0.15) is 17.4 Å². The molecule has 0 aliphatic rings. The second-order valence-corrected chi connectivity index (χ2v) is 5.23. The summed E-state index contributed by atoms with van der Waals surface area (Å²) < 4.78 is 10.8. The number of carbonyl (C=O) groups is 1. The minimum Gasteiger partial charge on any atom is -0.491 e. The van der Waals surface area contributed by atoms with Gasteiger partial charge in [0.05, 0.1) is 17.4 Å². The number of benzene rings is 1. The molecule has 1 atom stereocenters. The average molecular weight is 290 g/mol. The molecule has 0 aliphatic heterocycles. The third kappa shape index (κ3) is 4.20. The van der Waals surface area contributed by atoms with Gasteiger partial charge >= 0.3 is 0 Å². The van der Waals surface area contributed by atoms with Crippen LogP contribution in [-0.2, 0) is 9.53 Å². The van der Waals surface area contributed by atoms with Crippen molar-refractivity contribution in [3.05, 3.63) is 23.8 Å². The first-order chi connectivity index (χ1) is 9.86. The number of hydrogen-bond acceptors (Lipinski definition) is 4. The Kier molecular flexibility index (Phi) is 5.74. The maximum atomic E-state index is 12.3. The Balaban J connectivity index is 2.99. The Morgan fingerprint density at radius 3 is 2.62 bits per heavy atom. The van der Waals surface area contributed by atoms with Crippen molar-refractivity contribution < 1.29 is 14.3 Å². The summed E-state index contributed by atoms with van der Waals surface area (Å²) in [4.78, 5) is 12.3. The average Bonchev–Trinajstić information content (AvgIpc) is 2.47. The Morgan fingerprint density at radius 1 is 1.48 bits per heavy atom. The van der Waals surface area contributed by atoms with E-state index in [0.29, 0.717) is 23.4 Å². The highest BCUT2D eigenvalue weighted by Gasteiger charge is 2.31. The lowest BCUT2D eigenvalue weighted by Gasteiger charge is -2.25. The third-order valence-electron chi connectivity index (χ3n) is 3.34. The van der Waals surface area contributed by atoms with E-state index in [1.54, 1.807) is 25.1 Å². The molecule has 1 aromatic carbocycles. The molecule has 21 heavy (non-hydrogen) atoms. The number of nitriles is 1. The van der Waals surface area contributed by atoms with Gasteiger partial charge in [-0.1, -0.05) is 6.92 Å². The standard InChI is InChI=1S/C16H22N2O3/c1-6-16(4,20-5)15(19)18-14-8-7-13(21-11(2)3)9-12(14)10-17/h7-9,11H,6H2,1-5H3,(H,18,19)/t16-/m0/s1. The van der Waals surface area contributed by atoms with E-state index < -0.39 is 5.60 Å². The fourth-order valence-corrected chi connectivity index (χ4v) is 1.72. The lowest BCUT2D eigenvalue weighted by molar-refractivity contribution is -0.136. The van der Waals surface area contributed by atoms with E-state index in [2.05, 4.69) is 11.4 Å². The molecule has 0 saturated heterocycles. The van der Waals surface area contributed by atoms with Crippen molar-refractivity contribution in [2.24, 2.45) is 0 Å². The molecule has 1 amide bonds. The molecule has 0 heterocycles. The van der Waals surface area contributed by atoms with Gasteiger partial charge in [0, 0.05) is 13.2 Å². The molecule has 1 N–H and O–H groups in total. The summed E-state index contributed by atoms with van der Waals surface area (Å²) in [6.45, 7) is 7.40. The third-order valence-corrected chi connectivity index (χ3v) is 3.34. The monoisotopic (exact) mass is 290 g/mol. The molecule has 0 unspecified atom stereocenters. The van der Waals surface area contributed by atoms with Crippen LogP contribution in [0.2, 0.25) is 0 Å². The highest BCUT2D eigenvalue weighted by molar-refractivity contribution is 5.98. The van der Waals surface area contributed by atoms with Crippen molar-refractivity contribution in [3.8, 4) is 11.8 Å². The van der Waals surface area contributed by atoms with Crippen LogP contribution in [0, 0.1) is 11.3 Å². The lowest BCUT2D eigenvalue weighted by atomic mass is 10.0. The van der Waals surface area contributed by atoms with Crippen LogP contribution < -0.4 is 10.1 Å². The van der Waals surface area contributed by atoms with Gasteiger partial charge in [-0.15, -0.1) is 0 Å². The molecule has 0 saturated carbocycles. The molecule has 5 nitrogen and oxygen atoms in total. The molecule has 0 radical (unpaired) electrons. The number of anilines is 1. The van der Waals surface area contributed by atoms with Gasteiger partial charge in [0.15, 0.2) is 0 Å². The van der Waals surface area contributed by atoms with Crippen molar-refractivity contribution in [2.75, 3.05) is 12.4 Å². The second-order valence-electron chi connectivity index (χ2n) is 5.23. The number of ether oxygens (including phenoxy) is 2. The fourth-order valence-electron chi connectivity index (χ4n) is 1.72. The van der Waals surface area contributed by atoms with Gasteiger partial charge in [-0.2, -0.15) is 5.26 Å². The van der Waals surface area contributed by atoms with E-state index in [0.717, 1.165) is 0 Å². The van der Waals surface area contributed by atoms with Crippen molar-refractivity contribution in [2.45, 2.75) is 45.8 Å². The summed E-state index contributed by atoms with van der Waals surface area (Å²) in [6.07, 6.45) is 0.556. The Morgan fingerprint density at radius 2 is 2.14 bits per heavy atom. The Labute approximate surface area is 125 Å². The Bertz CT molecular complexity index is 543. The summed E-state index contributed by atoms with van der Waals surface area (Å²) in [5.74, 6) is 0.325. The minimum absolute atomic E-state index is 0.0221. The topological polar surface area (TPSA) is 71.3 Å². The minimum atomic E-state index is -0.917. The number of nitrogens with zero attached hydrogens (tertiary/aromatic N) is 1.